The first-order valence-electron chi connectivity index (χ1n) is 6.38. The molecule has 0 fully saturated rings. The van der Waals surface area contributed by atoms with E-state index in [4.69, 9.17) is 11.6 Å². The Hall–Kier alpha value is -2.31. The molecule has 2 N–H and O–H groups in total. The summed E-state index contributed by atoms with van der Waals surface area (Å²) in [6, 6.07) is 7.98. The number of phenols is 2. The summed E-state index contributed by atoms with van der Waals surface area (Å²) in [5.74, 6) is 0.0457. The van der Waals surface area contributed by atoms with Crippen molar-refractivity contribution >= 4 is 28.6 Å². The van der Waals surface area contributed by atoms with Crippen molar-refractivity contribution < 1.29 is 10.2 Å². The van der Waals surface area contributed by atoms with Crippen molar-refractivity contribution in [2.45, 2.75) is 0 Å². The highest BCUT2D eigenvalue weighted by atomic mass is 35.5. The second-order valence-corrected chi connectivity index (χ2v) is 5.84. The summed E-state index contributed by atoms with van der Waals surface area (Å²) >= 11 is 7.20. The number of hydrogen-bond donors (Lipinski definition) is 2. The van der Waals surface area contributed by atoms with Gasteiger partial charge in [0.25, 0.3) is 0 Å². The number of aromatic hydroxyl groups is 2. The maximum atomic E-state index is 9.97. The summed E-state index contributed by atoms with van der Waals surface area (Å²) in [4.78, 5) is 9.25. The summed E-state index contributed by atoms with van der Waals surface area (Å²) in [5.41, 5.74) is 2.14. The van der Waals surface area contributed by atoms with Crippen LogP contribution in [0.3, 0.4) is 0 Å². The van der Waals surface area contributed by atoms with Crippen LogP contribution in [0.5, 0.6) is 11.5 Å². The molecule has 0 aliphatic heterocycles. The average Bonchev–Trinajstić information content (AvgIpc) is 2.83. The zero-order chi connectivity index (χ0) is 15.7. The lowest BCUT2D eigenvalue weighted by atomic mass is 10.1. The molecule has 22 heavy (non-hydrogen) atoms. The normalized spacial score (nSPS) is 11.8. The Kier molecular flexibility index (Phi) is 3.87. The average molecular weight is 334 g/mol. The van der Waals surface area contributed by atoms with Crippen LogP contribution in [0.1, 0.15) is 0 Å². The molecule has 0 aliphatic carbocycles. The van der Waals surface area contributed by atoms with E-state index in [-0.39, 0.29) is 11.5 Å². The first-order valence-corrected chi connectivity index (χ1v) is 7.63. The molecular weight excluding hydrogens is 322 g/mol. The van der Waals surface area contributed by atoms with Crippen LogP contribution in [0.4, 0.5) is 5.69 Å². The minimum absolute atomic E-state index is 0.0214. The summed E-state index contributed by atoms with van der Waals surface area (Å²) < 4.78 is 1.87. The summed E-state index contributed by atoms with van der Waals surface area (Å²) in [7, 11) is 1.86. The van der Waals surface area contributed by atoms with Crippen LogP contribution in [0, 0.1) is 0 Å². The molecule has 0 saturated carbocycles. The van der Waals surface area contributed by atoms with Crippen molar-refractivity contribution in [2.24, 2.45) is 12.0 Å². The smallest absolute Gasteiger partial charge is 0.190 e. The number of thiazole rings is 1. The van der Waals surface area contributed by atoms with Gasteiger partial charge in [-0.05, 0) is 24.3 Å². The topological polar surface area (TPSA) is 70.6 Å². The van der Waals surface area contributed by atoms with Gasteiger partial charge >= 0.3 is 0 Å². The van der Waals surface area contributed by atoms with E-state index in [9.17, 15) is 10.2 Å². The van der Waals surface area contributed by atoms with Gasteiger partial charge in [-0.1, -0.05) is 11.6 Å². The Morgan fingerprint density at radius 3 is 2.73 bits per heavy atom. The first-order chi connectivity index (χ1) is 10.5. The number of phenolic OH excluding ortho intramolecular Hbond substituents is 2. The van der Waals surface area contributed by atoms with Gasteiger partial charge in [0, 0.05) is 24.1 Å². The van der Waals surface area contributed by atoms with Gasteiger partial charge in [-0.2, -0.15) is 0 Å². The van der Waals surface area contributed by atoms with E-state index in [1.807, 2.05) is 17.0 Å². The van der Waals surface area contributed by atoms with Crippen LogP contribution < -0.4 is 4.80 Å². The fraction of sp³-hybridized carbons (Fsp3) is 0.0667. The number of aromatic nitrogens is 2. The predicted molar refractivity (Wildman–Crippen MR) is 86.5 cm³/mol. The quantitative estimate of drug-likeness (QED) is 0.706. The van der Waals surface area contributed by atoms with Gasteiger partial charge in [0.05, 0.1) is 17.6 Å². The largest absolute Gasteiger partial charge is 0.508 e. The van der Waals surface area contributed by atoms with Crippen molar-refractivity contribution in [3.8, 4) is 22.8 Å². The third kappa shape index (κ3) is 2.84. The van der Waals surface area contributed by atoms with E-state index >= 15 is 0 Å². The zero-order valence-corrected chi connectivity index (χ0v) is 13.1. The van der Waals surface area contributed by atoms with E-state index in [1.54, 1.807) is 24.4 Å². The van der Waals surface area contributed by atoms with Crippen LogP contribution in [-0.2, 0) is 7.05 Å². The highest BCUT2D eigenvalue weighted by molar-refractivity contribution is 7.07. The van der Waals surface area contributed by atoms with Crippen molar-refractivity contribution in [3.05, 3.63) is 51.9 Å². The summed E-state index contributed by atoms with van der Waals surface area (Å²) in [6.07, 6.45) is 1.60. The Morgan fingerprint density at radius 2 is 2.05 bits per heavy atom. The standard InChI is InChI=1S/C15H12ClN3O2S/c1-19-12(11-4-3-10(20)6-13(11)21)8-22-15(19)18-9-2-5-14(16)17-7-9/h2-8,20-21H,1H3. The van der Waals surface area contributed by atoms with Crippen molar-refractivity contribution in [3.63, 3.8) is 0 Å². The number of rotatable bonds is 2. The molecule has 0 aliphatic rings. The molecule has 5 nitrogen and oxygen atoms in total. The minimum atomic E-state index is 0.0214. The Bertz CT molecular complexity index is 885. The molecule has 2 heterocycles. The number of hydrogen-bond acceptors (Lipinski definition) is 5. The lowest BCUT2D eigenvalue weighted by molar-refractivity contribution is 0.451. The second-order valence-electron chi connectivity index (χ2n) is 4.61. The molecule has 3 rings (SSSR count). The van der Waals surface area contributed by atoms with Gasteiger partial charge in [-0.15, -0.1) is 11.3 Å². The number of nitrogens with zero attached hydrogens (tertiary/aromatic N) is 3. The second kappa shape index (κ2) is 5.82. The lowest BCUT2D eigenvalue weighted by Crippen LogP contribution is -2.10. The number of benzene rings is 1. The van der Waals surface area contributed by atoms with Crippen LogP contribution in [0.15, 0.2) is 46.9 Å². The molecule has 0 unspecified atom stereocenters. The number of halogens is 1. The SMILES string of the molecule is Cn1c(-c2ccc(O)cc2O)csc1=Nc1ccc(Cl)nc1. The van der Waals surface area contributed by atoms with E-state index in [2.05, 4.69) is 9.98 Å². The van der Waals surface area contributed by atoms with Crippen LogP contribution in [0.25, 0.3) is 11.3 Å². The molecule has 3 aromatic rings. The van der Waals surface area contributed by atoms with Crippen molar-refractivity contribution in [2.75, 3.05) is 0 Å². The Balaban J connectivity index is 2.07. The third-order valence-electron chi connectivity index (χ3n) is 3.12. The van der Waals surface area contributed by atoms with Gasteiger partial charge in [0.1, 0.15) is 16.7 Å². The zero-order valence-electron chi connectivity index (χ0n) is 11.6. The minimum Gasteiger partial charge on any atom is -0.508 e. The summed E-state index contributed by atoms with van der Waals surface area (Å²) in [5, 5.41) is 21.7. The molecule has 0 atom stereocenters. The third-order valence-corrected chi connectivity index (χ3v) is 4.26. The maximum absolute atomic E-state index is 9.97. The van der Waals surface area contributed by atoms with Gasteiger partial charge in [-0.3, -0.25) is 0 Å². The molecule has 0 radical (unpaired) electrons. The van der Waals surface area contributed by atoms with Gasteiger partial charge in [0.15, 0.2) is 4.80 Å². The van der Waals surface area contributed by atoms with Crippen molar-refractivity contribution in [1.82, 2.24) is 9.55 Å². The molecule has 0 saturated heterocycles. The molecule has 7 heteroatoms. The predicted octanol–water partition coefficient (Wildman–Crippen LogP) is 3.45. The highest BCUT2D eigenvalue weighted by Crippen LogP contribution is 2.31. The lowest BCUT2D eigenvalue weighted by Gasteiger charge is -2.06. The molecule has 2 aromatic heterocycles. The van der Waals surface area contributed by atoms with E-state index < -0.39 is 0 Å². The van der Waals surface area contributed by atoms with Crippen LogP contribution in [-0.4, -0.2) is 19.8 Å². The molecule has 0 spiro atoms. The summed E-state index contributed by atoms with van der Waals surface area (Å²) in [6.45, 7) is 0. The van der Waals surface area contributed by atoms with Gasteiger partial charge in [0.2, 0.25) is 0 Å². The molecule has 112 valence electrons. The fourth-order valence-electron chi connectivity index (χ4n) is 2.00. The molecule has 1 aromatic carbocycles. The van der Waals surface area contributed by atoms with Crippen LogP contribution >= 0.6 is 22.9 Å². The van der Waals surface area contributed by atoms with E-state index in [1.165, 1.54) is 23.5 Å². The highest BCUT2D eigenvalue weighted by Gasteiger charge is 2.10. The first kappa shape index (κ1) is 14.6. The monoisotopic (exact) mass is 333 g/mol. The molecular formula is C15H12ClN3O2S. The van der Waals surface area contributed by atoms with Gasteiger partial charge < -0.3 is 14.8 Å². The van der Waals surface area contributed by atoms with E-state index in [0.717, 1.165) is 10.5 Å². The molecule has 0 bridgehead atoms. The van der Waals surface area contributed by atoms with Gasteiger partial charge in [-0.25, -0.2) is 9.98 Å². The maximum Gasteiger partial charge on any atom is 0.190 e. The van der Waals surface area contributed by atoms with Crippen LogP contribution in [0.2, 0.25) is 5.15 Å². The molecule has 0 amide bonds. The van der Waals surface area contributed by atoms with E-state index in [0.29, 0.717) is 16.4 Å². The van der Waals surface area contributed by atoms with Crippen molar-refractivity contribution in [1.29, 1.82) is 0 Å². The Morgan fingerprint density at radius 1 is 1.23 bits per heavy atom. The number of pyridine rings is 1. The Labute approximate surface area is 135 Å². The fourth-order valence-corrected chi connectivity index (χ4v) is 3.02.